The van der Waals surface area contributed by atoms with Crippen LogP contribution in [0.25, 0.3) is 4.85 Å². The predicted octanol–water partition coefficient (Wildman–Crippen LogP) is 2.88. The summed E-state index contributed by atoms with van der Waals surface area (Å²) in [6, 6.07) is 7.49. The summed E-state index contributed by atoms with van der Waals surface area (Å²) in [5, 5.41) is 2.32. The Morgan fingerprint density at radius 1 is 1.38 bits per heavy atom. The highest BCUT2D eigenvalue weighted by Gasteiger charge is 1.92. The van der Waals surface area contributed by atoms with Gasteiger partial charge in [-0.2, -0.15) is 0 Å². The van der Waals surface area contributed by atoms with Gasteiger partial charge in [-0.3, -0.25) is 0 Å². The van der Waals surface area contributed by atoms with Crippen LogP contribution in [0.4, 0.5) is 5.69 Å². The summed E-state index contributed by atoms with van der Waals surface area (Å²) in [5.74, 6) is 0. The van der Waals surface area contributed by atoms with Gasteiger partial charge in [0.25, 0.3) is 0 Å². The van der Waals surface area contributed by atoms with Gasteiger partial charge in [-0.05, 0) is 24.2 Å². The van der Waals surface area contributed by atoms with Crippen LogP contribution in [0.5, 0.6) is 0 Å². The summed E-state index contributed by atoms with van der Waals surface area (Å²) in [6.07, 6.45) is 0.849. The van der Waals surface area contributed by atoms with Crippen LogP contribution in [-0.2, 0) is 6.42 Å². The molecule has 1 rings (SSSR count). The van der Waals surface area contributed by atoms with Crippen LogP contribution < -0.4 is 0 Å². The van der Waals surface area contributed by atoms with Crippen LogP contribution in [0.2, 0.25) is 0 Å². The first-order chi connectivity index (χ1) is 6.36. The van der Waals surface area contributed by atoms with E-state index in [1.807, 2.05) is 24.3 Å². The van der Waals surface area contributed by atoms with E-state index in [1.165, 1.54) is 5.56 Å². The zero-order valence-electron chi connectivity index (χ0n) is 7.03. The van der Waals surface area contributed by atoms with Crippen molar-refractivity contribution in [1.29, 1.82) is 0 Å². The van der Waals surface area contributed by atoms with Crippen LogP contribution >= 0.6 is 12.2 Å². The van der Waals surface area contributed by atoms with Gasteiger partial charge < -0.3 is 0 Å². The maximum Gasteiger partial charge on any atom is 0.187 e. The number of isothiocyanates is 1. The minimum absolute atomic E-state index is 0.668. The van der Waals surface area contributed by atoms with E-state index < -0.39 is 0 Å². The van der Waals surface area contributed by atoms with E-state index in [-0.39, 0.29) is 0 Å². The van der Waals surface area contributed by atoms with E-state index in [0.717, 1.165) is 6.42 Å². The predicted molar refractivity (Wildman–Crippen MR) is 56.3 cm³/mol. The molecule has 0 aliphatic carbocycles. The molecule has 2 nitrogen and oxygen atoms in total. The van der Waals surface area contributed by atoms with Crippen molar-refractivity contribution >= 4 is 23.1 Å². The molecule has 0 amide bonds. The van der Waals surface area contributed by atoms with Crippen molar-refractivity contribution in [1.82, 2.24) is 0 Å². The fourth-order valence-corrected chi connectivity index (χ4v) is 1.06. The van der Waals surface area contributed by atoms with Gasteiger partial charge in [-0.25, -0.2) is 9.84 Å². The average molecular weight is 188 g/mol. The molecule has 0 atom stereocenters. The molecule has 3 heteroatoms. The van der Waals surface area contributed by atoms with Crippen LogP contribution in [-0.4, -0.2) is 11.7 Å². The molecule has 0 aliphatic rings. The van der Waals surface area contributed by atoms with E-state index in [2.05, 4.69) is 27.2 Å². The average Bonchev–Trinajstić information content (AvgIpc) is 2.19. The standard InChI is InChI=1S/C10H8N2S/c1-11-10-4-2-9(3-5-10)6-7-12-8-13/h2-5H,6-7H2. The first-order valence-electron chi connectivity index (χ1n) is 3.87. The van der Waals surface area contributed by atoms with Crippen molar-refractivity contribution < 1.29 is 0 Å². The van der Waals surface area contributed by atoms with Crippen LogP contribution in [0, 0.1) is 6.57 Å². The SMILES string of the molecule is [C-]#[N+]c1ccc(CCN=C=S)cc1. The topological polar surface area (TPSA) is 16.7 Å². The lowest BCUT2D eigenvalue weighted by Gasteiger charge is -1.96. The summed E-state index contributed by atoms with van der Waals surface area (Å²) in [6.45, 7) is 7.43. The number of aliphatic imine (C=N–C) groups is 1. The maximum atomic E-state index is 6.76. The summed E-state index contributed by atoms with van der Waals surface area (Å²) >= 11 is 4.45. The second-order valence-electron chi connectivity index (χ2n) is 2.50. The van der Waals surface area contributed by atoms with Crippen molar-refractivity contribution in [2.75, 3.05) is 6.54 Å². The van der Waals surface area contributed by atoms with Gasteiger partial charge in [0.1, 0.15) is 0 Å². The van der Waals surface area contributed by atoms with Crippen molar-refractivity contribution in [3.05, 3.63) is 41.2 Å². The number of thiocarbonyl (C=S) groups is 1. The highest BCUT2D eigenvalue weighted by molar-refractivity contribution is 7.78. The molecule has 1 aromatic carbocycles. The summed E-state index contributed by atoms with van der Waals surface area (Å²) in [7, 11) is 0. The van der Waals surface area contributed by atoms with E-state index >= 15 is 0 Å². The molecule has 13 heavy (non-hydrogen) atoms. The van der Waals surface area contributed by atoms with Crippen LogP contribution in [0.15, 0.2) is 29.3 Å². The molecule has 0 heterocycles. The molecule has 0 saturated carbocycles. The molecule has 0 aromatic heterocycles. The van der Waals surface area contributed by atoms with Gasteiger partial charge >= 0.3 is 0 Å². The van der Waals surface area contributed by atoms with Crippen molar-refractivity contribution in [2.24, 2.45) is 4.99 Å². The second kappa shape index (κ2) is 5.21. The number of nitrogens with zero attached hydrogens (tertiary/aromatic N) is 2. The lowest BCUT2D eigenvalue weighted by molar-refractivity contribution is 0.977. The highest BCUT2D eigenvalue weighted by atomic mass is 32.1. The molecule has 0 N–H and O–H groups in total. The van der Waals surface area contributed by atoms with Crippen LogP contribution in [0.1, 0.15) is 5.56 Å². The molecular weight excluding hydrogens is 180 g/mol. The molecule has 0 radical (unpaired) electrons. The number of hydrogen-bond acceptors (Lipinski definition) is 2. The Morgan fingerprint density at radius 2 is 2.08 bits per heavy atom. The zero-order chi connectivity index (χ0) is 9.52. The number of hydrogen-bond donors (Lipinski definition) is 0. The van der Waals surface area contributed by atoms with Gasteiger partial charge in [0, 0.05) is 0 Å². The molecule has 0 fully saturated rings. The van der Waals surface area contributed by atoms with E-state index in [9.17, 15) is 0 Å². The van der Waals surface area contributed by atoms with E-state index in [4.69, 9.17) is 6.57 Å². The summed E-state index contributed by atoms with van der Waals surface area (Å²) in [4.78, 5) is 7.12. The quantitative estimate of drug-likeness (QED) is 0.405. The van der Waals surface area contributed by atoms with Gasteiger partial charge in [0.05, 0.1) is 18.3 Å². The molecule has 0 spiro atoms. The van der Waals surface area contributed by atoms with Gasteiger partial charge in [0.2, 0.25) is 0 Å². The van der Waals surface area contributed by atoms with Crippen molar-refractivity contribution in [2.45, 2.75) is 6.42 Å². The minimum atomic E-state index is 0.668. The van der Waals surface area contributed by atoms with Gasteiger partial charge in [0.15, 0.2) is 5.69 Å². The molecule has 0 unspecified atom stereocenters. The molecular formula is C10H8N2S. The number of rotatable bonds is 3. The Labute approximate surface area is 82.7 Å². The Kier molecular flexibility index (Phi) is 3.84. The molecule has 64 valence electrons. The first-order valence-corrected chi connectivity index (χ1v) is 4.27. The molecule has 1 aromatic rings. The fraction of sp³-hybridized carbons (Fsp3) is 0.200. The lowest BCUT2D eigenvalue weighted by Crippen LogP contribution is -1.87. The largest absolute Gasteiger partial charge is 0.238 e. The second-order valence-corrected chi connectivity index (χ2v) is 2.68. The molecule has 0 bridgehead atoms. The first kappa shape index (κ1) is 9.60. The van der Waals surface area contributed by atoms with Crippen LogP contribution in [0.3, 0.4) is 0 Å². The Bertz CT molecular complexity index is 356. The van der Waals surface area contributed by atoms with E-state index in [1.54, 1.807) is 0 Å². The Morgan fingerprint density at radius 3 is 2.62 bits per heavy atom. The Balaban J connectivity index is 2.60. The summed E-state index contributed by atoms with van der Waals surface area (Å²) in [5.41, 5.74) is 1.84. The Hall–Kier alpha value is -1.49. The zero-order valence-corrected chi connectivity index (χ0v) is 7.84. The molecule has 0 aliphatic heterocycles. The fourth-order valence-electron chi connectivity index (χ4n) is 0.968. The monoisotopic (exact) mass is 188 g/mol. The smallest absolute Gasteiger partial charge is 0.187 e. The maximum absolute atomic E-state index is 6.76. The highest BCUT2D eigenvalue weighted by Crippen LogP contribution is 2.12. The molecule has 0 saturated heterocycles. The number of benzene rings is 1. The van der Waals surface area contributed by atoms with Crippen molar-refractivity contribution in [3.8, 4) is 0 Å². The summed E-state index contributed by atoms with van der Waals surface area (Å²) < 4.78 is 0. The third-order valence-electron chi connectivity index (χ3n) is 1.64. The van der Waals surface area contributed by atoms with Crippen molar-refractivity contribution in [3.63, 3.8) is 0 Å². The third kappa shape index (κ3) is 3.16. The van der Waals surface area contributed by atoms with Gasteiger partial charge in [-0.1, -0.05) is 24.3 Å². The normalized spacial score (nSPS) is 8.54. The lowest BCUT2D eigenvalue weighted by atomic mass is 10.1. The minimum Gasteiger partial charge on any atom is -0.238 e. The van der Waals surface area contributed by atoms with E-state index in [0.29, 0.717) is 12.2 Å². The van der Waals surface area contributed by atoms with Gasteiger partial charge in [-0.15, -0.1) is 0 Å². The third-order valence-corrected chi connectivity index (χ3v) is 1.77.